The Morgan fingerprint density at radius 3 is 2.10 bits per heavy atom. The minimum Gasteiger partial charge on any atom is -0.463 e. The zero-order chi connectivity index (χ0) is 29.4. The molecule has 0 unspecified atom stereocenters. The fourth-order valence-electron chi connectivity index (χ4n) is 4.28. The molecule has 0 spiro atoms. The van der Waals surface area contributed by atoms with Crippen molar-refractivity contribution in [2.24, 2.45) is 5.92 Å². The average molecular weight is 580 g/mol. The summed E-state index contributed by atoms with van der Waals surface area (Å²) < 4.78 is 47.8. The van der Waals surface area contributed by atoms with Crippen molar-refractivity contribution in [2.45, 2.75) is 32.6 Å². The molecule has 0 aliphatic carbocycles. The fourth-order valence-corrected chi connectivity index (χ4v) is 5.73. The van der Waals surface area contributed by atoms with E-state index in [0.29, 0.717) is 0 Å². The summed E-state index contributed by atoms with van der Waals surface area (Å²) in [7, 11) is -3.80. The van der Waals surface area contributed by atoms with Crippen molar-refractivity contribution >= 4 is 39.5 Å². The van der Waals surface area contributed by atoms with E-state index in [1.165, 1.54) is 28.6 Å². The molecular formula is C26H33N3O10S. The molecule has 1 aromatic rings. The first-order valence-corrected chi connectivity index (χ1v) is 14.1. The Bertz CT molecular complexity index is 1290. The summed E-state index contributed by atoms with van der Waals surface area (Å²) in [5.41, 5.74) is 0.467. The third-order valence-electron chi connectivity index (χ3n) is 6.06. The summed E-state index contributed by atoms with van der Waals surface area (Å²) in [6, 6.07) is 5.67. The van der Waals surface area contributed by atoms with E-state index in [1.54, 1.807) is 27.7 Å². The van der Waals surface area contributed by atoms with Crippen molar-refractivity contribution in [1.29, 1.82) is 0 Å². The summed E-state index contributed by atoms with van der Waals surface area (Å²) in [5.74, 6) is -4.95. The Balaban J connectivity index is 1.76. The molecule has 218 valence electrons. The molecule has 40 heavy (non-hydrogen) atoms. The number of nitrogens with zero attached hydrogens (tertiary/aromatic N) is 1. The number of dihydropyridines is 1. The number of anilines is 1. The van der Waals surface area contributed by atoms with Crippen molar-refractivity contribution in [3.05, 3.63) is 46.8 Å². The van der Waals surface area contributed by atoms with Gasteiger partial charge < -0.3 is 29.6 Å². The smallest absolute Gasteiger partial charge is 0.337 e. The lowest BCUT2D eigenvalue weighted by Gasteiger charge is -2.28. The van der Waals surface area contributed by atoms with Gasteiger partial charge in [-0.1, -0.05) is 6.07 Å². The maximum Gasteiger partial charge on any atom is 0.337 e. The van der Waals surface area contributed by atoms with Gasteiger partial charge in [0.25, 0.3) is 5.91 Å². The van der Waals surface area contributed by atoms with E-state index in [-0.39, 0.29) is 72.6 Å². The predicted molar refractivity (Wildman–Crippen MR) is 141 cm³/mol. The molecule has 1 aromatic carbocycles. The Kier molecular flexibility index (Phi) is 10.4. The van der Waals surface area contributed by atoms with Crippen LogP contribution in [0.15, 0.2) is 51.7 Å². The summed E-state index contributed by atoms with van der Waals surface area (Å²) in [5, 5.41) is 5.39. The second-order valence-electron chi connectivity index (χ2n) is 8.78. The van der Waals surface area contributed by atoms with E-state index in [0.717, 1.165) is 0 Å². The molecule has 1 saturated heterocycles. The molecule has 3 rings (SSSR count). The van der Waals surface area contributed by atoms with Gasteiger partial charge in [-0.05, 0) is 45.9 Å². The molecule has 2 aliphatic heterocycles. The Morgan fingerprint density at radius 2 is 1.55 bits per heavy atom. The maximum atomic E-state index is 13.2. The van der Waals surface area contributed by atoms with Crippen LogP contribution in [0.1, 0.15) is 27.7 Å². The molecule has 13 nitrogen and oxygen atoms in total. The molecule has 2 N–H and O–H groups in total. The topological polar surface area (TPSA) is 167 Å². The summed E-state index contributed by atoms with van der Waals surface area (Å²) in [4.78, 5) is 51.3. The van der Waals surface area contributed by atoms with Gasteiger partial charge in [-0.3, -0.25) is 9.59 Å². The van der Waals surface area contributed by atoms with Crippen LogP contribution in [-0.2, 0) is 48.1 Å². The minimum absolute atomic E-state index is 0.0155. The highest BCUT2D eigenvalue weighted by molar-refractivity contribution is 7.89. The quantitative estimate of drug-likeness (QED) is 0.301. The number of benzene rings is 1. The molecule has 2 aliphatic rings. The van der Waals surface area contributed by atoms with Gasteiger partial charge in [-0.25, -0.2) is 18.0 Å². The highest BCUT2D eigenvalue weighted by Gasteiger charge is 2.42. The number of hydrogen-bond acceptors (Lipinski definition) is 11. The number of hydrogen-bond donors (Lipinski definition) is 2. The largest absolute Gasteiger partial charge is 0.463 e. The van der Waals surface area contributed by atoms with Crippen molar-refractivity contribution in [1.82, 2.24) is 9.62 Å². The van der Waals surface area contributed by atoms with E-state index in [1.807, 2.05) is 0 Å². The Morgan fingerprint density at radius 1 is 0.975 bits per heavy atom. The average Bonchev–Trinajstić information content (AvgIpc) is 2.92. The van der Waals surface area contributed by atoms with E-state index < -0.39 is 46.4 Å². The first-order chi connectivity index (χ1) is 19.0. The predicted octanol–water partition coefficient (Wildman–Crippen LogP) is 1.08. The number of esters is 3. The molecule has 0 atom stereocenters. The standard InChI is InChI=1S/C26H33N3O10S/c1-5-37-24(31)21-16(3)27-17(4)22(25(32)38-6-2)23(21)26(33)39-15-20(30)28-18-8-7-9-19(14-18)40(34,35)29-10-12-36-13-11-29/h7-9,14,23,27H,5-6,10-13,15H2,1-4H3,(H,28,30). The third-order valence-corrected chi connectivity index (χ3v) is 7.95. The summed E-state index contributed by atoms with van der Waals surface area (Å²) in [6.07, 6.45) is 0. The van der Waals surface area contributed by atoms with E-state index in [4.69, 9.17) is 18.9 Å². The maximum absolute atomic E-state index is 13.2. The van der Waals surface area contributed by atoms with E-state index in [2.05, 4.69) is 10.6 Å². The number of carbonyl (C=O) groups excluding carboxylic acids is 4. The zero-order valence-corrected chi connectivity index (χ0v) is 23.6. The Hall–Kier alpha value is -3.75. The number of morpholine rings is 1. The lowest BCUT2D eigenvalue weighted by molar-refractivity contribution is -0.153. The summed E-state index contributed by atoms with van der Waals surface area (Å²) in [6.45, 7) is 6.57. The molecule has 1 fully saturated rings. The molecule has 0 radical (unpaired) electrons. The van der Waals surface area contributed by atoms with Gasteiger partial charge in [0.15, 0.2) is 6.61 Å². The molecule has 14 heteroatoms. The van der Waals surface area contributed by atoms with E-state index in [9.17, 15) is 27.6 Å². The van der Waals surface area contributed by atoms with Gasteiger partial charge in [-0.2, -0.15) is 4.31 Å². The van der Waals surface area contributed by atoms with Gasteiger partial charge in [-0.15, -0.1) is 0 Å². The van der Waals surface area contributed by atoms with Crippen LogP contribution in [0.25, 0.3) is 0 Å². The number of nitrogens with one attached hydrogen (secondary N) is 2. The van der Waals surface area contributed by atoms with Crippen LogP contribution >= 0.6 is 0 Å². The number of allylic oxidation sites excluding steroid dienone is 2. The SMILES string of the molecule is CCOC(=O)C1=C(C)NC(C)=C(C(=O)OCC)C1C(=O)OCC(=O)Nc1cccc(S(=O)(=O)N2CCOCC2)c1. The van der Waals surface area contributed by atoms with Crippen LogP contribution in [0.2, 0.25) is 0 Å². The van der Waals surface area contributed by atoms with Crippen LogP contribution < -0.4 is 10.6 Å². The molecule has 0 saturated carbocycles. The number of carbonyl (C=O) groups is 4. The zero-order valence-electron chi connectivity index (χ0n) is 22.8. The molecule has 0 bridgehead atoms. The van der Waals surface area contributed by atoms with Gasteiger partial charge >= 0.3 is 17.9 Å². The summed E-state index contributed by atoms with van der Waals surface area (Å²) >= 11 is 0. The second kappa shape index (κ2) is 13.5. The van der Waals surface area contributed by atoms with Crippen LogP contribution in [0, 0.1) is 5.92 Å². The molecule has 2 heterocycles. The van der Waals surface area contributed by atoms with Crippen molar-refractivity contribution < 1.29 is 46.5 Å². The molecule has 1 amide bonds. The number of ether oxygens (including phenoxy) is 4. The van der Waals surface area contributed by atoms with Gasteiger partial charge in [0.2, 0.25) is 10.0 Å². The second-order valence-corrected chi connectivity index (χ2v) is 10.7. The van der Waals surface area contributed by atoms with Crippen LogP contribution in [-0.4, -0.2) is 82.7 Å². The number of rotatable bonds is 10. The highest BCUT2D eigenvalue weighted by atomic mass is 32.2. The fraction of sp³-hybridized carbons (Fsp3) is 0.462. The lowest BCUT2D eigenvalue weighted by atomic mass is 9.85. The van der Waals surface area contributed by atoms with E-state index >= 15 is 0 Å². The first-order valence-electron chi connectivity index (χ1n) is 12.7. The van der Waals surface area contributed by atoms with Crippen molar-refractivity contribution in [3.63, 3.8) is 0 Å². The van der Waals surface area contributed by atoms with Gasteiger partial charge in [0, 0.05) is 30.2 Å². The molecule has 0 aromatic heterocycles. The highest BCUT2D eigenvalue weighted by Crippen LogP contribution is 2.32. The van der Waals surface area contributed by atoms with Crippen molar-refractivity contribution in [2.75, 3.05) is 51.4 Å². The molecular weight excluding hydrogens is 546 g/mol. The number of sulfonamides is 1. The van der Waals surface area contributed by atoms with Gasteiger partial charge in [0.1, 0.15) is 5.92 Å². The van der Waals surface area contributed by atoms with Crippen LogP contribution in [0.5, 0.6) is 0 Å². The van der Waals surface area contributed by atoms with Crippen molar-refractivity contribution in [3.8, 4) is 0 Å². The minimum atomic E-state index is -3.80. The first kappa shape index (κ1) is 30.8. The number of amides is 1. The Labute approximate surface area is 232 Å². The van der Waals surface area contributed by atoms with Crippen LogP contribution in [0.3, 0.4) is 0 Å². The normalized spacial score (nSPS) is 16.7. The third kappa shape index (κ3) is 7.06. The van der Waals surface area contributed by atoms with Gasteiger partial charge in [0.05, 0.1) is 42.5 Å². The van der Waals surface area contributed by atoms with Crippen LogP contribution in [0.4, 0.5) is 5.69 Å². The lowest BCUT2D eigenvalue weighted by Crippen LogP contribution is -2.40. The monoisotopic (exact) mass is 579 g/mol.